The maximum atomic E-state index is 13.2. The number of nitrogens with zero attached hydrogens (tertiary/aromatic N) is 3. The highest BCUT2D eigenvalue weighted by Gasteiger charge is 2.22. The predicted molar refractivity (Wildman–Crippen MR) is 125 cm³/mol. The molecule has 1 aromatic heterocycles. The van der Waals surface area contributed by atoms with Crippen molar-refractivity contribution in [3.8, 4) is 5.75 Å². The van der Waals surface area contributed by atoms with Crippen LogP contribution in [0.2, 0.25) is 0 Å². The van der Waals surface area contributed by atoms with E-state index in [2.05, 4.69) is 30.9 Å². The standard InChI is InChI=1S/C24H29N3O3S/c1-17-5-4-6-20(13-17)30-16-23(28)27(8-7-26-9-11-29-12-10-26)24-25-21-14-18(2)19(3)15-22(21)31-24/h4-6,13-15H,7-12,16H2,1-3H3. The minimum atomic E-state index is -0.0812. The first-order chi connectivity index (χ1) is 15.0. The van der Waals surface area contributed by atoms with E-state index in [0.29, 0.717) is 12.3 Å². The molecular weight excluding hydrogens is 410 g/mol. The van der Waals surface area contributed by atoms with E-state index in [0.717, 1.165) is 53.8 Å². The van der Waals surface area contributed by atoms with Crippen LogP contribution in [0.3, 0.4) is 0 Å². The number of benzene rings is 2. The molecule has 2 aromatic carbocycles. The Labute approximate surface area is 187 Å². The van der Waals surface area contributed by atoms with Gasteiger partial charge in [0.1, 0.15) is 5.75 Å². The summed E-state index contributed by atoms with van der Waals surface area (Å²) in [4.78, 5) is 22.1. The molecule has 31 heavy (non-hydrogen) atoms. The molecule has 1 aliphatic rings. The lowest BCUT2D eigenvalue weighted by atomic mass is 10.1. The highest BCUT2D eigenvalue weighted by atomic mass is 32.1. The molecule has 0 bridgehead atoms. The van der Waals surface area contributed by atoms with Crippen molar-refractivity contribution in [1.82, 2.24) is 9.88 Å². The van der Waals surface area contributed by atoms with E-state index in [1.54, 1.807) is 16.2 Å². The minimum Gasteiger partial charge on any atom is -0.484 e. The average Bonchev–Trinajstić information content (AvgIpc) is 3.15. The van der Waals surface area contributed by atoms with Gasteiger partial charge < -0.3 is 9.47 Å². The number of anilines is 1. The molecule has 3 aromatic rings. The fraction of sp³-hybridized carbons (Fsp3) is 0.417. The molecule has 1 saturated heterocycles. The Morgan fingerprint density at radius 2 is 1.94 bits per heavy atom. The number of thiazole rings is 1. The number of amides is 1. The average molecular weight is 440 g/mol. The maximum absolute atomic E-state index is 13.2. The second kappa shape index (κ2) is 9.77. The molecule has 4 rings (SSSR count). The van der Waals surface area contributed by atoms with E-state index in [-0.39, 0.29) is 12.5 Å². The van der Waals surface area contributed by atoms with Crippen LogP contribution < -0.4 is 9.64 Å². The monoisotopic (exact) mass is 439 g/mol. The molecule has 0 radical (unpaired) electrons. The van der Waals surface area contributed by atoms with Crippen LogP contribution in [-0.2, 0) is 9.53 Å². The summed E-state index contributed by atoms with van der Waals surface area (Å²) in [5, 5.41) is 0.728. The van der Waals surface area contributed by atoms with Crippen LogP contribution >= 0.6 is 11.3 Å². The molecule has 0 atom stereocenters. The largest absolute Gasteiger partial charge is 0.484 e. The molecule has 1 amide bonds. The van der Waals surface area contributed by atoms with E-state index in [4.69, 9.17) is 14.5 Å². The third-order valence-electron chi connectivity index (χ3n) is 5.62. The van der Waals surface area contributed by atoms with Gasteiger partial charge in [-0.3, -0.25) is 14.6 Å². The number of fused-ring (bicyclic) bond motifs is 1. The van der Waals surface area contributed by atoms with Gasteiger partial charge >= 0.3 is 0 Å². The lowest BCUT2D eigenvalue weighted by molar-refractivity contribution is -0.120. The third-order valence-corrected chi connectivity index (χ3v) is 6.66. The number of carbonyl (C=O) groups is 1. The number of carbonyl (C=O) groups excluding carboxylic acids is 1. The molecule has 6 nitrogen and oxygen atoms in total. The van der Waals surface area contributed by atoms with Crippen molar-refractivity contribution in [2.24, 2.45) is 0 Å². The van der Waals surface area contributed by atoms with Crippen molar-refractivity contribution in [3.63, 3.8) is 0 Å². The molecule has 1 fully saturated rings. The zero-order valence-electron chi connectivity index (χ0n) is 18.4. The molecule has 0 N–H and O–H groups in total. The second-order valence-corrected chi connectivity index (χ2v) is 9.01. The van der Waals surface area contributed by atoms with Crippen LogP contribution in [0, 0.1) is 20.8 Å². The fourth-order valence-electron chi connectivity index (χ4n) is 3.60. The van der Waals surface area contributed by atoms with Crippen molar-refractivity contribution in [2.75, 3.05) is 50.9 Å². The Kier molecular flexibility index (Phi) is 6.85. The number of aromatic nitrogens is 1. The summed E-state index contributed by atoms with van der Waals surface area (Å²) in [7, 11) is 0. The lowest BCUT2D eigenvalue weighted by Crippen LogP contribution is -2.44. The fourth-order valence-corrected chi connectivity index (χ4v) is 4.69. The Hall–Kier alpha value is -2.48. The van der Waals surface area contributed by atoms with Gasteiger partial charge in [0, 0.05) is 26.2 Å². The highest BCUT2D eigenvalue weighted by Crippen LogP contribution is 2.31. The van der Waals surface area contributed by atoms with Crippen LogP contribution in [0.15, 0.2) is 36.4 Å². The zero-order chi connectivity index (χ0) is 21.8. The molecule has 164 valence electrons. The third kappa shape index (κ3) is 5.42. The van der Waals surface area contributed by atoms with Crippen molar-refractivity contribution >= 4 is 32.6 Å². The Morgan fingerprint density at radius 1 is 1.16 bits per heavy atom. The lowest BCUT2D eigenvalue weighted by Gasteiger charge is -2.29. The van der Waals surface area contributed by atoms with Gasteiger partial charge in [0.25, 0.3) is 5.91 Å². The van der Waals surface area contributed by atoms with Gasteiger partial charge in [0.15, 0.2) is 11.7 Å². The van der Waals surface area contributed by atoms with Crippen LogP contribution in [0.25, 0.3) is 10.2 Å². The van der Waals surface area contributed by atoms with E-state index in [1.165, 1.54) is 11.1 Å². The van der Waals surface area contributed by atoms with Crippen molar-refractivity contribution in [1.29, 1.82) is 0 Å². The quantitative estimate of drug-likeness (QED) is 0.558. The highest BCUT2D eigenvalue weighted by molar-refractivity contribution is 7.22. The van der Waals surface area contributed by atoms with Gasteiger partial charge in [0.2, 0.25) is 0 Å². The summed E-state index contributed by atoms with van der Waals surface area (Å²) >= 11 is 1.56. The summed E-state index contributed by atoms with van der Waals surface area (Å²) < 4.78 is 12.4. The van der Waals surface area contributed by atoms with Gasteiger partial charge in [0.05, 0.1) is 23.4 Å². The smallest absolute Gasteiger partial charge is 0.266 e. The van der Waals surface area contributed by atoms with E-state index in [9.17, 15) is 4.79 Å². The molecule has 2 heterocycles. The van der Waals surface area contributed by atoms with Gasteiger partial charge in [-0.15, -0.1) is 0 Å². The number of hydrogen-bond acceptors (Lipinski definition) is 6. The Balaban J connectivity index is 1.53. The molecule has 7 heteroatoms. The first-order valence-corrected chi connectivity index (χ1v) is 11.5. The summed E-state index contributed by atoms with van der Waals surface area (Å²) in [6, 6.07) is 12.0. The van der Waals surface area contributed by atoms with Crippen molar-refractivity contribution in [2.45, 2.75) is 20.8 Å². The first-order valence-electron chi connectivity index (χ1n) is 10.7. The van der Waals surface area contributed by atoms with Crippen molar-refractivity contribution in [3.05, 3.63) is 53.1 Å². The summed E-state index contributed by atoms with van der Waals surface area (Å²) in [6.07, 6.45) is 0. The van der Waals surface area contributed by atoms with Crippen LogP contribution in [-0.4, -0.2) is 61.8 Å². The topological polar surface area (TPSA) is 54.9 Å². The van der Waals surface area contributed by atoms with Crippen LogP contribution in [0.4, 0.5) is 5.13 Å². The Bertz CT molecular complexity index is 1020. The number of morpholine rings is 1. The minimum absolute atomic E-state index is 0.0133. The normalized spacial score (nSPS) is 14.7. The predicted octanol–water partition coefficient (Wildman–Crippen LogP) is 3.97. The summed E-state index contributed by atoms with van der Waals surface area (Å²) in [5.74, 6) is 0.624. The van der Waals surface area contributed by atoms with Crippen LogP contribution in [0.5, 0.6) is 5.75 Å². The summed E-state index contributed by atoms with van der Waals surface area (Å²) in [5.41, 5.74) is 4.48. The van der Waals surface area contributed by atoms with Gasteiger partial charge in [-0.2, -0.15) is 0 Å². The van der Waals surface area contributed by atoms with E-state index in [1.807, 2.05) is 31.2 Å². The van der Waals surface area contributed by atoms with E-state index < -0.39 is 0 Å². The molecular formula is C24H29N3O3S. The molecule has 1 aliphatic heterocycles. The number of ether oxygens (including phenoxy) is 2. The van der Waals surface area contributed by atoms with Gasteiger partial charge in [-0.25, -0.2) is 4.98 Å². The zero-order valence-corrected chi connectivity index (χ0v) is 19.2. The first kappa shape index (κ1) is 21.7. The molecule has 0 spiro atoms. The van der Waals surface area contributed by atoms with Gasteiger partial charge in [-0.1, -0.05) is 23.5 Å². The molecule has 0 aliphatic carbocycles. The number of aryl methyl sites for hydroxylation is 3. The number of rotatable bonds is 7. The molecule has 0 saturated carbocycles. The molecule has 0 unspecified atom stereocenters. The summed E-state index contributed by atoms with van der Waals surface area (Å²) in [6.45, 7) is 10.8. The second-order valence-electron chi connectivity index (χ2n) is 8.01. The van der Waals surface area contributed by atoms with Crippen molar-refractivity contribution < 1.29 is 14.3 Å². The SMILES string of the molecule is Cc1cccc(OCC(=O)N(CCN2CCOCC2)c2nc3cc(C)c(C)cc3s2)c1. The van der Waals surface area contributed by atoms with E-state index >= 15 is 0 Å². The van der Waals surface area contributed by atoms with Crippen LogP contribution in [0.1, 0.15) is 16.7 Å². The number of hydrogen-bond donors (Lipinski definition) is 0. The maximum Gasteiger partial charge on any atom is 0.266 e. The Morgan fingerprint density at radius 3 is 2.71 bits per heavy atom. The van der Waals surface area contributed by atoms with Gasteiger partial charge in [-0.05, 0) is 61.7 Å².